The van der Waals surface area contributed by atoms with Gasteiger partial charge in [-0.05, 0) is 53.4 Å². The van der Waals surface area contributed by atoms with E-state index in [1.807, 2.05) is 0 Å². The summed E-state index contributed by atoms with van der Waals surface area (Å²) in [5.74, 6) is -1.24. The quantitative estimate of drug-likeness (QED) is 0.425. The van der Waals surface area contributed by atoms with Gasteiger partial charge in [-0.15, -0.1) is 0 Å². The maximum atomic E-state index is 13.6. The van der Waals surface area contributed by atoms with Gasteiger partial charge < -0.3 is 4.57 Å². The highest BCUT2D eigenvalue weighted by Crippen LogP contribution is 2.34. The summed E-state index contributed by atoms with van der Waals surface area (Å²) in [5, 5.41) is 1.43. The van der Waals surface area contributed by atoms with Crippen molar-refractivity contribution in [3.63, 3.8) is 0 Å². The van der Waals surface area contributed by atoms with Gasteiger partial charge in [-0.3, -0.25) is 19.3 Å². The van der Waals surface area contributed by atoms with Gasteiger partial charge in [0.05, 0.1) is 17.7 Å². The number of hydrogen-bond donors (Lipinski definition) is 0. The van der Waals surface area contributed by atoms with Crippen LogP contribution in [0.2, 0.25) is 5.02 Å². The first-order chi connectivity index (χ1) is 15.4. The van der Waals surface area contributed by atoms with Crippen molar-refractivity contribution in [3.05, 3.63) is 105 Å². The number of imide groups is 1. The Morgan fingerprint density at radius 3 is 2.09 bits per heavy atom. The Hall–Kier alpha value is -3.77. The van der Waals surface area contributed by atoms with E-state index in [9.17, 15) is 18.8 Å². The Labute approximate surface area is 187 Å². The molecule has 0 fully saturated rings. The smallest absolute Gasteiger partial charge is 0.261 e. The number of nitrogens with zero attached hydrogens (tertiary/aromatic N) is 2. The first kappa shape index (κ1) is 20.2. The average molecular weight is 447 g/mol. The zero-order chi connectivity index (χ0) is 22.6. The average Bonchev–Trinajstić information content (AvgIpc) is 3.03. The predicted octanol–water partition coefficient (Wildman–Crippen LogP) is 4.79. The number of aromatic nitrogens is 1. The van der Waals surface area contributed by atoms with E-state index < -0.39 is 17.6 Å². The molecule has 32 heavy (non-hydrogen) atoms. The van der Waals surface area contributed by atoms with Gasteiger partial charge in [0.1, 0.15) is 5.82 Å². The molecule has 0 spiro atoms. The topological polar surface area (TPSA) is 59.4 Å². The van der Waals surface area contributed by atoms with Crippen LogP contribution in [0.15, 0.2) is 71.5 Å². The molecule has 4 aromatic rings. The number of pyridine rings is 1. The van der Waals surface area contributed by atoms with Crippen LogP contribution in [-0.2, 0) is 13.6 Å². The lowest BCUT2D eigenvalue weighted by Gasteiger charge is -2.21. The number of carbonyl (C=O) groups is 2. The first-order valence-electron chi connectivity index (χ1n) is 9.89. The van der Waals surface area contributed by atoms with Gasteiger partial charge >= 0.3 is 0 Å². The number of rotatable bonds is 3. The Balaban J connectivity index is 1.76. The molecule has 2 heterocycles. The van der Waals surface area contributed by atoms with Crippen molar-refractivity contribution < 1.29 is 14.0 Å². The number of carbonyl (C=O) groups excluding carboxylic acids is 2. The molecule has 158 valence electrons. The van der Waals surface area contributed by atoms with E-state index in [-0.39, 0.29) is 12.1 Å². The molecule has 0 N–H and O–H groups in total. The fraction of sp³-hybridized carbons (Fsp3) is 0.0800. The number of amides is 2. The molecule has 0 aliphatic carbocycles. The molecule has 0 bridgehead atoms. The molecule has 0 saturated heterocycles. The van der Waals surface area contributed by atoms with E-state index >= 15 is 0 Å². The minimum atomic E-state index is -0.422. The third kappa shape index (κ3) is 3.03. The normalized spacial score (nSPS) is 13.2. The second-order valence-corrected chi connectivity index (χ2v) is 8.06. The van der Waals surface area contributed by atoms with Crippen molar-refractivity contribution in [2.75, 3.05) is 0 Å². The van der Waals surface area contributed by atoms with Crippen molar-refractivity contribution >= 4 is 34.2 Å². The van der Waals surface area contributed by atoms with Crippen LogP contribution < -0.4 is 5.56 Å². The minimum Gasteiger partial charge on any atom is -0.313 e. The molecule has 1 aliphatic rings. The van der Waals surface area contributed by atoms with Crippen LogP contribution in [0.25, 0.3) is 21.9 Å². The Morgan fingerprint density at radius 1 is 0.844 bits per heavy atom. The largest absolute Gasteiger partial charge is 0.313 e. The predicted molar refractivity (Wildman–Crippen MR) is 120 cm³/mol. The number of benzene rings is 3. The van der Waals surface area contributed by atoms with Crippen molar-refractivity contribution in [1.29, 1.82) is 0 Å². The molecule has 0 radical (unpaired) electrons. The van der Waals surface area contributed by atoms with Gasteiger partial charge in [0.15, 0.2) is 0 Å². The van der Waals surface area contributed by atoms with Crippen molar-refractivity contribution in [3.8, 4) is 11.1 Å². The summed E-state index contributed by atoms with van der Waals surface area (Å²) in [7, 11) is 1.59. The number of fused-ring (bicyclic) bond motifs is 2. The second kappa shape index (κ2) is 7.43. The van der Waals surface area contributed by atoms with E-state index in [1.165, 1.54) is 16.7 Å². The third-order valence-electron chi connectivity index (χ3n) is 5.80. The monoisotopic (exact) mass is 446 g/mol. The Bertz CT molecular complexity index is 1460. The van der Waals surface area contributed by atoms with E-state index in [4.69, 9.17) is 11.6 Å². The van der Waals surface area contributed by atoms with Crippen LogP contribution in [0.4, 0.5) is 4.39 Å². The zero-order valence-electron chi connectivity index (χ0n) is 16.9. The molecule has 1 aromatic heterocycles. The lowest BCUT2D eigenvalue weighted by atomic mass is 9.96. The van der Waals surface area contributed by atoms with Gasteiger partial charge in [0.25, 0.3) is 17.4 Å². The third-order valence-corrected chi connectivity index (χ3v) is 6.03. The summed E-state index contributed by atoms with van der Waals surface area (Å²) in [6.45, 7) is -0.118. The highest BCUT2D eigenvalue weighted by molar-refractivity contribution is 6.31. The molecule has 1 aliphatic heterocycles. The van der Waals surface area contributed by atoms with Gasteiger partial charge in [-0.2, -0.15) is 0 Å². The highest BCUT2D eigenvalue weighted by Gasteiger charge is 2.36. The van der Waals surface area contributed by atoms with Crippen LogP contribution in [0, 0.1) is 5.82 Å². The summed E-state index contributed by atoms with van der Waals surface area (Å²) in [4.78, 5) is 40.2. The fourth-order valence-electron chi connectivity index (χ4n) is 4.19. The van der Waals surface area contributed by atoms with Crippen molar-refractivity contribution in [2.24, 2.45) is 7.05 Å². The van der Waals surface area contributed by atoms with E-state index in [0.717, 1.165) is 4.90 Å². The zero-order valence-corrected chi connectivity index (χ0v) is 17.7. The number of halogens is 2. The van der Waals surface area contributed by atoms with E-state index in [1.54, 1.807) is 61.6 Å². The summed E-state index contributed by atoms with van der Waals surface area (Å²) in [6, 6.07) is 17.4. The molecule has 2 amide bonds. The van der Waals surface area contributed by atoms with Gasteiger partial charge in [-0.1, -0.05) is 35.9 Å². The Kier molecular flexibility index (Phi) is 4.68. The van der Waals surface area contributed by atoms with Crippen molar-refractivity contribution in [1.82, 2.24) is 9.47 Å². The van der Waals surface area contributed by atoms with Gasteiger partial charge in [0, 0.05) is 28.7 Å². The molecule has 5 nitrogen and oxygen atoms in total. The maximum absolute atomic E-state index is 13.6. The molecule has 7 heteroatoms. The lowest BCUT2D eigenvalue weighted by molar-refractivity contribution is 0.0639. The van der Waals surface area contributed by atoms with Crippen molar-refractivity contribution in [2.45, 2.75) is 6.54 Å². The minimum absolute atomic E-state index is 0.118. The SMILES string of the molecule is Cn1c(CN2C(=O)c3ccccc3C2=O)c(-c2ccc(F)cc2)c2cc(Cl)ccc2c1=O. The fourth-order valence-corrected chi connectivity index (χ4v) is 4.36. The second-order valence-electron chi connectivity index (χ2n) is 7.62. The highest BCUT2D eigenvalue weighted by atomic mass is 35.5. The molecule has 0 unspecified atom stereocenters. The van der Waals surface area contributed by atoms with Crippen LogP contribution in [0.5, 0.6) is 0 Å². The molecule has 3 aromatic carbocycles. The first-order valence-corrected chi connectivity index (χ1v) is 10.3. The van der Waals surface area contributed by atoms with Crippen LogP contribution in [0.3, 0.4) is 0 Å². The molecule has 5 rings (SSSR count). The summed E-state index contributed by atoms with van der Waals surface area (Å²) < 4.78 is 15.1. The van der Waals surface area contributed by atoms with Gasteiger partial charge in [0.2, 0.25) is 0 Å². The Morgan fingerprint density at radius 2 is 1.47 bits per heavy atom. The summed E-state index contributed by atoms with van der Waals surface area (Å²) in [6.07, 6.45) is 0. The molecular weight excluding hydrogens is 431 g/mol. The summed E-state index contributed by atoms with van der Waals surface area (Å²) in [5.41, 5.74) is 2.08. The van der Waals surface area contributed by atoms with Crippen LogP contribution >= 0.6 is 11.6 Å². The molecule has 0 saturated carbocycles. The van der Waals surface area contributed by atoms with Crippen LogP contribution in [0.1, 0.15) is 26.4 Å². The molecular formula is C25H16ClFN2O3. The van der Waals surface area contributed by atoms with E-state index in [2.05, 4.69) is 0 Å². The van der Waals surface area contributed by atoms with Crippen LogP contribution in [-0.4, -0.2) is 21.3 Å². The standard InChI is InChI=1S/C25H16ClFN2O3/c1-28-21(13-29-24(31)17-4-2-3-5-18(17)25(29)32)22(14-6-9-16(27)10-7-14)20-12-15(26)8-11-19(20)23(28)30/h2-12H,13H2,1H3. The summed E-state index contributed by atoms with van der Waals surface area (Å²) >= 11 is 6.24. The van der Waals surface area contributed by atoms with Gasteiger partial charge in [-0.25, -0.2) is 4.39 Å². The maximum Gasteiger partial charge on any atom is 0.261 e. The van der Waals surface area contributed by atoms with E-state index in [0.29, 0.717) is 43.7 Å². The number of hydrogen-bond acceptors (Lipinski definition) is 3. The lowest BCUT2D eigenvalue weighted by Crippen LogP contribution is -2.33. The molecule has 0 atom stereocenters.